The van der Waals surface area contributed by atoms with Crippen molar-refractivity contribution in [2.45, 2.75) is 25.3 Å². The van der Waals surface area contributed by atoms with Crippen molar-refractivity contribution in [3.63, 3.8) is 0 Å². The Morgan fingerprint density at radius 3 is 2.44 bits per heavy atom. The minimum absolute atomic E-state index is 0.0743. The minimum Gasteiger partial charge on any atom is -0.317 e. The normalized spacial score (nSPS) is 17.7. The zero-order valence-electron chi connectivity index (χ0n) is 10.7. The van der Waals surface area contributed by atoms with Crippen molar-refractivity contribution in [1.82, 2.24) is 0 Å². The van der Waals surface area contributed by atoms with Gasteiger partial charge in [-0.05, 0) is 49.9 Å². The van der Waals surface area contributed by atoms with Crippen molar-refractivity contribution in [3.8, 4) is 6.07 Å². The van der Waals surface area contributed by atoms with Crippen LogP contribution in [0.5, 0.6) is 0 Å². The molecule has 1 saturated carbocycles. The van der Waals surface area contributed by atoms with E-state index in [2.05, 4.69) is 6.07 Å². The molecule has 1 amide bonds. The van der Waals surface area contributed by atoms with E-state index in [1.165, 1.54) is 0 Å². The first-order valence-electron chi connectivity index (χ1n) is 6.04. The number of carbonyl (C=O) groups excluding carboxylic acids is 1. The molecule has 1 fully saturated rings. The molecule has 0 saturated heterocycles. The first-order valence-corrected chi connectivity index (χ1v) is 6.04. The molecule has 4 nitrogen and oxygen atoms in total. The van der Waals surface area contributed by atoms with Crippen LogP contribution in [0.4, 0.5) is 5.69 Å². The first-order chi connectivity index (χ1) is 8.46. The summed E-state index contributed by atoms with van der Waals surface area (Å²) in [7, 11) is 1.72. The molecular weight excluding hydrogens is 226 g/mol. The summed E-state index contributed by atoms with van der Waals surface area (Å²) in [5.74, 6) is 0.223. The zero-order valence-corrected chi connectivity index (χ0v) is 10.7. The van der Waals surface area contributed by atoms with Crippen LogP contribution in [-0.2, 0) is 4.79 Å². The SMILES string of the molecule is CN(C(=O)C(C)(N)C1CC1)c1ccc(C#N)cc1. The van der Waals surface area contributed by atoms with E-state index >= 15 is 0 Å². The summed E-state index contributed by atoms with van der Waals surface area (Å²) in [5.41, 5.74) is 6.67. The molecule has 18 heavy (non-hydrogen) atoms. The quantitative estimate of drug-likeness (QED) is 0.877. The first kappa shape index (κ1) is 12.6. The second-order valence-corrected chi connectivity index (χ2v) is 5.08. The van der Waals surface area contributed by atoms with Crippen molar-refractivity contribution < 1.29 is 4.79 Å². The largest absolute Gasteiger partial charge is 0.317 e. The monoisotopic (exact) mass is 243 g/mol. The van der Waals surface area contributed by atoms with Gasteiger partial charge < -0.3 is 10.6 Å². The average Bonchev–Trinajstić information content (AvgIpc) is 3.21. The van der Waals surface area contributed by atoms with Gasteiger partial charge in [0.2, 0.25) is 5.91 Å². The van der Waals surface area contributed by atoms with Crippen molar-refractivity contribution in [2.24, 2.45) is 11.7 Å². The third-order valence-corrected chi connectivity index (χ3v) is 3.57. The van der Waals surface area contributed by atoms with Crippen LogP contribution in [0.1, 0.15) is 25.3 Å². The van der Waals surface area contributed by atoms with Crippen LogP contribution in [0.25, 0.3) is 0 Å². The molecule has 2 N–H and O–H groups in total. The maximum absolute atomic E-state index is 12.3. The number of nitrogens with zero attached hydrogens (tertiary/aromatic N) is 2. The lowest BCUT2D eigenvalue weighted by Gasteiger charge is -2.29. The standard InChI is InChI=1S/C14H17N3O/c1-14(16,11-5-6-11)13(18)17(2)12-7-3-10(9-15)4-8-12/h3-4,7-8,11H,5-6,16H2,1-2H3. The topological polar surface area (TPSA) is 70.1 Å². The summed E-state index contributed by atoms with van der Waals surface area (Å²) in [6, 6.07) is 8.98. The molecule has 1 atom stereocenters. The van der Waals surface area contributed by atoms with Crippen LogP contribution in [0.15, 0.2) is 24.3 Å². The maximum atomic E-state index is 12.3. The number of carbonyl (C=O) groups is 1. The maximum Gasteiger partial charge on any atom is 0.246 e. The Morgan fingerprint density at radius 2 is 2.00 bits per heavy atom. The Bertz CT molecular complexity index is 495. The molecule has 94 valence electrons. The third kappa shape index (κ3) is 2.22. The second kappa shape index (κ2) is 4.43. The number of hydrogen-bond acceptors (Lipinski definition) is 3. The highest BCUT2D eigenvalue weighted by atomic mass is 16.2. The van der Waals surface area contributed by atoms with Crippen LogP contribution >= 0.6 is 0 Å². The Hall–Kier alpha value is -1.86. The highest BCUT2D eigenvalue weighted by molar-refractivity contribution is 5.99. The fourth-order valence-electron chi connectivity index (χ4n) is 2.10. The molecule has 4 heteroatoms. The molecular formula is C14H17N3O. The Balaban J connectivity index is 2.17. The number of benzene rings is 1. The molecule has 1 aliphatic carbocycles. The summed E-state index contributed by atoms with van der Waals surface area (Å²) >= 11 is 0. The van der Waals surface area contributed by atoms with E-state index < -0.39 is 5.54 Å². The van der Waals surface area contributed by atoms with Gasteiger partial charge in [-0.2, -0.15) is 5.26 Å². The van der Waals surface area contributed by atoms with Crippen LogP contribution in [-0.4, -0.2) is 18.5 Å². The Labute approximate surface area is 107 Å². The molecule has 1 aromatic carbocycles. The summed E-state index contributed by atoms with van der Waals surface area (Å²) in [4.78, 5) is 13.9. The third-order valence-electron chi connectivity index (χ3n) is 3.57. The van der Waals surface area contributed by atoms with Crippen LogP contribution in [0.2, 0.25) is 0 Å². The molecule has 1 unspecified atom stereocenters. The van der Waals surface area contributed by atoms with E-state index in [1.807, 2.05) is 0 Å². The van der Waals surface area contributed by atoms with Crippen molar-refractivity contribution in [3.05, 3.63) is 29.8 Å². The minimum atomic E-state index is -0.789. The fraction of sp³-hybridized carbons (Fsp3) is 0.429. The van der Waals surface area contributed by atoms with E-state index in [0.29, 0.717) is 11.5 Å². The van der Waals surface area contributed by atoms with Gasteiger partial charge in [-0.3, -0.25) is 4.79 Å². The fourth-order valence-corrected chi connectivity index (χ4v) is 2.10. The molecule has 0 heterocycles. The average molecular weight is 243 g/mol. The smallest absolute Gasteiger partial charge is 0.246 e. The molecule has 0 aromatic heterocycles. The molecule has 0 bridgehead atoms. The van der Waals surface area contributed by atoms with E-state index in [1.54, 1.807) is 43.1 Å². The van der Waals surface area contributed by atoms with E-state index in [9.17, 15) is 4.79 Å². The van der Waals surface area contributed by atoms with Gasteiger partial charge >= 0.3 is 0 Å². The Kier molecular flexibility index (Phi) is 3.10. The van der Waals surface area contributed by atoms with Crippen LogP contribution < -0.4 is 10.6 Å². The predicted molar refractivity (Wildman–Crippen MR) is 69.9 cm³/mol. The van der Waals surface area contributed by atoms with Gasteiger partial charge in [0.05, 0.1) is 17.2 Å². The summed E-state index contributed by atoms with van der Waals surface area (Å²) in [6.45, 7) is 1.80. The molecule has 0 spiro atoms. The number of nitrogens with two attached hydrogens (primary N) is 1. The van der Waals surface area contributed by atoms with Crippen LogP contribution in [0.3, 0.4) is 0 Å². The summed E-state index contributed by atoms with van der Waals surface area (Å²) in [6.07, 6.45) is 2.06. The number of amides is 1. The molecule has 1 aliphatic rings. The van der Waals surface area contributed by atoms with E-state index in [0.717, 1.165) is 18.5 Å². The van der Waals surface area contributed by atoms with Crippen molar-refractivity contribution in [1.29, 1.82) is 5.26 Å². The van der Waals surface area contributed by atoms with Crippen LogP contribution in [0, 0.1) is 17.2 Å². The second-order valence-electron chi connectivity index (χ2n) is 5.08. The molecule has 0 radical (unpaired) electrons. The number of nitriles is 1. The highest BCUT2D eigenvalue weighted by Crippen LogP contribution is 2.39. The van der Waals surface area contributed by atoms with Gasteiger partial charge in [-0.1, -0.05) is 0 Å². The molecule has 2 rings (SSSR count). The van der Waals surface area contributed by atoms with Crippen molar-refractivity contribution in [2.75, 3.05) is 11.9 Å². The lowest BCUT2D eigenvalue weighted by molar-refractivity contribution is -0.123. The lowest BCUT2D eigenvalue weighted by Crippen LogP contribution is -2.54. The Morgan fingerprint density at radius 1 is 1.44 bits per heavy atom. The van der Waals surface area contributed by atoms with Gasteiger partial charge in [0, 0.05) is 12.7 Å². The molecule has 0 aliphatic heterocycles. The van der Waals surface area contributed by atoms with Gasteiger partial charge in [-0.25, -0.2) is 0 Å². The number of rotatable bonds is 3. The van der Waals surface area contributed by atoms with E-state index in [4.69, 9.17) is 11.0 Å². The number of anilines is 1. The lowest BCUT2D eigenvalue weighted by atomic mass is 9.95. The summed E-state index contributed by atoms with van der Waals surface area (Å²) < 4.78 is 0. The van der Waals surface area contributed by atoms with Crippen molar-refractivity contribution >= 4 is 11.6 Å². The zero-order chi connectivity index (χ0) is 13.3. The van der Waals surface area contributed by atoms with Gasteiger partial charge in [0.25, 0.3) is 0 Å². The number of hydrogen-bond donors (Lipinski definition) is 1. The highest BCUT2D eigenvalue weighted by Gasteiger charge is 2.45. The predicted octanol–water partition coefficient (Wildman–Crippen LogP) is 1.65. The molecule has 1 aromatic rings. The van der Waals surface area contributed by atoms with Gasteiger partial charge in [-0.15, -0.1) is 0 Å². The number of likely N-dealkylation sites (N-methyl/N-ethyl adjacent to an activating group) is 1. The van der Waals surface area contributed by atoms with E-state index in [-0.39, 0.29) is 5.91 Å². The summed E-state index contributed by atoms with van der Waals surface area (Å²) in [5, 5.41) is 8.74. The van der Waals surface area contributed by atoms with Gasteiger partial charge in [0.15, 0.2) is 0 Å². The van der Waals surface area contributed by atoms with Gasteiger partial charge in [0.1, 0.15) is 0 Å².